The maximum atomic E-state index is 10.4. The molecule has 0 amide bonds. The van der Waals surface area contributed by atoms with Crippen LogP contribution >= 0.6 is 0 Å². The van der Waals surface area contributed by atoms with Crippen LogP contribution in [0, 0.1) is 0 Å². The Hall–Kier alpha value is -2.82. The van der Waals surface area contributed by atoms with E-state index in [1.54, 1.807) is 18.2 Å². The van der Waals surface area contributed by atoms with Crippen molar-refractivity contribution in [3.05, 3.63) is 53.1 Å². The van der Waals surface area contributed by atoms with Gasteiger partial charge in [0.25, 0.3) is 0 Å². The quantitative estimate of drug-likeness (QED) is 0.734. The number of ether oxygens (including phenoxy) is 2. The summed E-state index contributed by atoms with van der Waals surface area (Å²) < 4.78 is 11.9. The van der Waals surface area contributed by atoms with Gasteiger partial charge in [-0.3, -0.25) is 0 Å². The Kier molecular flexibility index (Phi) is 3.35. The summed E-state index contributed by atoms with van der Waals surface area (Å²) in [6.07, 6.45) is 2.34. The Morgan fingerprint density at radius 2 is 1.88 bits per heavy atom. The molecule has 130 valence electrons. The van der Waals surface area contributed by atoms with E-state index in [9.17, 15) is 15.3 Å². The van der Waals surface area contributed by atoms with Gasteiger partial charge in [0.1, 0.15) is 39.9 Å². The molecular formula is C20H20O5. The molecule has 1 atom stereocenters. The molecule has 0 saturated heterocycles. The first kappa shape index (κ1) is 15.7. The fourth-order valence-electron chi connectivity index (χ4n) is 3.56. The molecule has 2 heterocycles. The first-order valence-corrected chi connectivity index (χ1v) is 8.26. The van der Waals surface area contributed by atoms with Crippen LogP contribution in [0.2, 0.25) is 0 Å². The van der Waals surface area contributed by atoms with Crippen molar-refractivity contribution in [2.75, 3.05) is 6.61 Å². The zero-order valence-electron chi connectivity index (χ0n) is 14.1. The molecule has 5 nitrogen and oxygen atoms in total. The normalized spacial score (nSPS) is 20.6. The van der Waals surface area contributed by atoms with Crippen LogP contribution in [0.3, 0.4) is 0 Å². The monoisotopic (exact) mass is 340 g/mol. The Balaban J connectivity index is 1.71. The van der Waals surface area contributed by atoms with Gasteiger partial charge in [-0.05, 0) is 38.0 Å². The minimum Gasteiger partial charge on any atom is -0.508 e. The SMILES string of the molecule is CC1(C)C=C(O)c2c(ccc3c2OC[C@@H](c2ccc(O)cc2O)C3)O1. The Labute approximate surface area is 145 Å². The molecule has 2 aromatic rings. The molecule has 0 fully saturated rings. The summed E-state index contributed by atoms with van der Waals surface area (Å²) in [5.74, 6) is 1.46. The van der Waals surface area contributed by atoms with Crippen molar-refractivity contribution >= 4 is 5.76 Å². The lowest BCUT2D eigenvalue weighted by atomic mass is 9.87. The van der Waals surface area contributed by atoms with Crippen molar-refractivity contribution in [1.29, 1.82) is 0 Å². The fraction of sp³-hybridized carbons (Fsp3) is 0.300. The molecule has 0 aliphatic carbocycles. The van der Waals surface area contributed by atoms with E-state index in [4.69, 9.17) is 9.47 Å². The van der Waals surface area contributed by atoms with Gasteiger partial charge < -0.3 is 24.8 Å². The molecule has 0 aromatic heterocycles. The highest BCUT2D eigenvalue weighted by atomic mass is 16.5. The summed E-state index contributed by atoms with van der Waals surface area (Å²) in [6, 6.07) is 8.39. The van der Waals surface area contributed by atoms with Gasteiger partial charge in [-0.25, -0.2) is 0 Å². The molecule has 0 saturated carbocycles. The van der Waals surface area contributed by atoms with Crippen molar-refractivity contribution in [2.45, 2.75) is 31.8 Å². The number of rotatable bonds is 1. The standard InChI is InChI=1S/C20H20O5/c1-20(2)9-16(23)18-17(25-20)6-3-11-7-12(10-24-19(11)18)14-5-4-13(21)8-15(14)22/h3-6,8-9,12,21-23H,7,10H2,1-2H3/t12-/m0/s1. The lowest BCUT2D eigenvalue weighted by Crippen LogP contribution is -2.30. The van der Waals surface area contributed by atoms with Crippen molar-refractivity contribution in [3.63, 3.8) is 0 Å². The molecule has 0 spiro atoms. The second-order valence-corrected chi connectivity index (χ2v) is 7.12. The largest absolute Gasteiger partial charge is 0.508 e. The first-order valence-electron chi connectivity index (χ1n) is 8.26. The van der Waals surface area contributed by atoms with E-state index in [2.05, 4.69) is 0 Å². The maximum Gasteiger partial charge on any atom is 0.137 e. The number of benzene rings is 2. The second kappa shape index (κ2) is 5.34. The van der Waals surface area contributed by atoms with Crippen LogP contribution in [0.25, 0.3) is 5.76 Å². The molecule has 0 bridgehead atoms. The summed E-state index contributed by atoms with van der Waals surface area (Å²) in [5, 5.41) is 30.0. The Morgan fingerprint density at radius 1 is 1.08 bits per heavy atom. The van der Waals surface area contributed by atoms with Gasteiger partial charge in [0.15, 0.2) is 0 Å². The van der Waals surface area contributed by atoms with Crippen molar-refractivity contribution in [3.8, 4) is 23.0 Å². The van der Waals surface area contributed by atoms with E-state index >= 15 is 0 Å². The highest BCUT2D eigenvalue weighted by Gasteiger charge is 2.33. The Morgan fingerprint density at radius 3 is 2.64 bits per heavy atom. The molecule has 2 aromatic carbocycles. The van der Waals surface area contributed by atoms with Crippen LogP contribution in [0.4, 0.5) is 0 Å². The van der Waals surface area contributed by atoms with Crippen LogP contribution in [0.15, 0.2) is 36.4 Å². The minimum absolute atomic E-state index is 0.0294. The fourth-order valence-corrected chi connectivity index (χ4v) is 3.56. The topological polar surface area (TPSA) is 79.2 Å². The summed E-state index contributed by atoms with van der Waals surface area (Å²) in [6.45, 7) is 4.14. The van der Waals surface area contributed by atoms with E-state index in [-0.39, 0.29) is 23.2 Å². The highest BCUT2D eigenvalue weighted by molar-refractivity contribution is 5.75. The minimum atomic E-state index is -0.569. The van der Waals surface area contributed by atoms with Gasteiger partial charge in [-0.1, -0.05) is 12.1 Å². The molecule has 2 aliphatic rings. The molecule has 0 unspecified atom stereocenters. The molecule has 2 aliphatic heterocycles. The maximum absolute atomic E-state index is 10.4. The van der Waals surface area contributed by atoms with Crippen LogP contribution in [0.5, 0.6) is 23.0 Å². The number of phenolic OH excluding ortho intramolecular Hbond substituents is 2. The molecule has 4 rings (SSSR count). The van der Waals surface area contributed by atoms with Gasteiger partial charge in [0, 0.05) is 23.6 Å². The third kappa shape index (κ3) is 2.65. The lowest BCUT2D eigenvalue weighted by molar-refractivity contribution is 0.151. The number of aromatic hydroxyl groups is 2. The number of fused-ring (bicyclic) bond motifs is 3. The van der Waals surface area contributed by atoms with Crippen LogP contribution in [-0.4, -0.2) is 27.5 Å². The average molecular weight is 340 g/mol. The van der Waals surface area contributed by atoms with Crippen molar-refractivity contribution in [2.24, 2.45) is 0 Å². The van der Waals surface area contributed by atoms with Gasteiger partial charge in [-0.15, -0.1) is 0 Å². The molecule has 25 heavy (non-hydrogen) atoms. The van der Waals surface area contributed by atoms with Crippen LogP contribution < -0.4 is 9.47 Å². The van der Waals surface area contributed by atoms with Gasteiger partial charge in [-0.2, -0.15) is 0 Å². The molecule has 3 N–H and O–H groups in total. The van der Waals surface area contributed by atoms with Gasteiger partial charge in [0.2, 0.25) is 0 Å². The van der Waals surface area contributed by atoms with Crippen molar-refractivity contribution < 1.29 is 24.8 Å². The first-order chi connectivity index (χ1) is 11.8. The predicted molar refractivity (Wildman–Crippen MR) is 93.5 cm³/mol. The summed E-state index contributed by atoms with van der Waals surface area (Å²) >= 11 is 0. The van der Waals surface area contributed by atoms with Crippen LogP contribution in [-0.2, 0) is 6.42 Å². The zero-order valence-corrected chi connectivity index (χ0v) is 14.1. The number of hydrogen-bond donors (Lipinski definition) is 3. The smallest absolute Gasteiger partial charge is 0.137 e. The Bertz CT molecular complexity index is 882. The number of aliphatic hydroxyl groups is 1. The molecular weight excluding hydrogens is 320 g/mol. The number of phenols is 2. The van der Waals surface area contributed by atoms with E-state index in [1.165, 1.54) is 6.07 Å². The second-order valence-electron chi connectivity index (χ2n) is 7.12. The van der Waals surface area contributed by atoms with Crippen molar-refractivity contribution in [1.82, 2.24) is 0 Å². The zero-order chi connectivity index (χ0) is 17.8. The molecule has 0 radical (unpaired) electrons. The van der Waals surface area contributed by atoms with E-state index in [0.29, 0.717) is 30.1 Å². The van der Waals surface area contributed by atoms with Gasteiger partial charge in [0.05, 0.1) is 6.61 Å². The number of hydrogen-bond acceptors (Lipinski definition) is 5. The third-order valence-electron chi connectivity index (χ3n) is 4.66. The third-order valence-corrected chi connectivity index (χ3v) is 4.66. The van der Waals surface area contributed by atoms with E-state index < -0.39 is 5.60 Å². The highest BCUT2D eigenvalue weighted by Crippen LogP contribution is 2.46. The summed E-state index contributed by atoms with van der Waals surface area (Å²) in [4.78, 5) is 0. The van der Waals surface area contributed by atoms with E-state index in [0.717, 1.165) is 11.1 Å². The summed E-state index contributed by atoms with van der Waals surface area (Å²) in [5.41, 5.74) is 1.70. The molecule has 5 heteroatoms. The van der Waals surface area contributed by atoms with Crippen LogP contribution in [0.1, 0.15) is 36.5 Å². The lowest BCUT2D eigenvalue weighted by Gasteiger charge is -2.33. The number of aliphatic hydroxyl groups excluding tert-OH is 1. The average Bonchev–Trinajstić information content (AvgIpc) is 2.52. The summed E-state index contributed by atoms with van der Waals surface area (Å²) in [7, 11) is 0. The predicted octanol–water partition coefficient (Wildman–Crippen LogP) is 3.89. The van der Waals surface area contributed by atoms with Gasteiger partial charge >= 0.3 is 0 Å². The van der Waals surface area contributed by atoms with E-state index in [1.807, 2.05) is 26.0 Å².